The van der Waals surface area contributed by atoms with Crippen LogP contribution in [0.25, 0.3) is 105 Å². The van der Waals surface area contributed by atoms with E-state index in [9.17, 15) is 0 Å². The second kappa shape index (κ2) is 12.5. The molecule has 0 spiro atoms. The molecule has 0 saturated carbocycles. The lowest BCUT2D eigenvalue weighted by Gasteiger charge is -2.16. The van der Waals surface area contributed by atoms with Gasteiger partial charge in [-0.15, -0.1) is 0 Å². The van der Waals surface area contributed by atoms with Crippen molar-refractivity contribution in [1.29, 1.82) is 0 Å². The SMILES string of the molecule is c1ccc(-c2cc3c(c4ccccc4n3-c3ccccc3-c3ccc4c5ccccc5n(-c5ccccc5)c4c3)c3c4ccccc4n(-c4ccccc4)c23)cc1. The molecule has 266 valence electrons. The Bertz CT molecular complexity index is 3500. The van der Waals surface area contributed by atoms with Gasteiger partial charge in [-0.2, -0.15) is 0 Å². The third-order valence-corrected chi connectivity index (χ3v) is 11.8. The number of nitrogens with zero attached hydrogens (tertiary/aromatic N) is 3. The molecular weight excluding hydrogens is 691 g/mol. The van der Waals surface area contributed by atoms with Gasteiger partial charge in [-0.1, -0.05) is 152 Å². The first kappa shape index (κ1) is 31.7. The number of hydrogen-bond donors (Lipinski definition) is 0. The summed E-state index contributed by atoms with van der Waals surface area (Å²) >= 11 is 0. The second-order valence-electron chi connectivity index (χ2n) is 14.9. The van der Waals surface area contributed by atoms with Gasteiger partial charge in [0.2, 0.25) is 0 Å². The zero-order valence-electron chi connectivity index (χ0n) is 31.0. The van der Waals surface area contributed by atoms with E-state index in [1.807, 2.05) is 0 Å². The van der Waals surface area contributed by atoms with Crippen LogP contribution in [0.15, 0.2) is 212 Å². The summed E-state index contributed by atoms with van der Waals surface area (Å²) in [6.07, 6.45) is 0. The van der Waals surface area contributed by atoms with Gasteiger partial charge in [-0.25, -0.2) is 0 Å². The molecule has 0 unspecified atom stereocenters. The monoisotopic (exact) mass is 725 g/mol. The van der Waals surface area contributed by atoms with Gasteiger partial charge in [0, 0.05) is 54.8 Å². The first-order chi connectivity index (χ1) is 28.3. The number of hydrogen-bond acceptors (Lipinski definition) is 0. The van der Waals surface area contributed by atoms with E-state index < -0.39 is 0 Å². The number of rotatable bonds is 5. The Morgan fingerprint density at radius 2 is 0.772 bits per heavy atom. The predicted octanol–water partition coefficient (Wildman–Crippen LogP) is 14.3. The van der Waals surface area contributed by atoms with Crippen molar-refractivity contribution in [2.24, 2.45) is 0 Å². The van der Waals surface area contributed by atoms with Crippen LogP contribution in [0.5, 0.6) is 0 Å². The smallest absolute Gasteiger partial charge is 0.0627 e. The lowest BCUT2D eigenvalue weighted by atomic mass is 9.97. The number of benzene rings is 9. The number of fused-ring (bicyclic) bond motifs is 10. The minimum Gasteiger partial charge on any atom is -0.309 e. The Morgan fingerprint density at radius 1 is 0.263 bits per heavy atom. The fourth-order valence-corrected chi connectivity index (χ4v) is 9.46. The topological polar surface area (TPSA) is 14.8 Å². The van der Waals surface area contributed by atoms with Crippen LogP contribution in [0.1, 0.15) is 0 Å². The average molecular weight is 726 g/mol. The van der Waals surface area contributed by atoms with E-state index in [0.29, 0.717) is 0 Å². The highest BCUT2D eigenvalue weighted by atomic mass is 15.0. The fraction of sp³-hybridized carbons (Fsp3) is 0. The van der Waals surface area contributed by atoms with Crippen molar-refractivity contribution in [1.82, 2.24) is 13.7 Å². The first-order valence-electron chi connectivity index (χ1n) is 19.6. The highest BCUT2D eigenvalue weighted by Gasteiger charge is 2.25. The maximum absolute atomic E-state index is 2.51. The van der Waals surface area contributed by atoms with Crippen LogP contribution in [0.2, 0.25) is 0 Å². The summed E-state index contributed by atoms with van der Waals surface area (Å²) < 4.78 is 7.38. The van der Waals surface area contributed by atoms with Gasteiger partial charge < -0.3 is 13.7 Å². The quantitative estimate of drug-likeness (QED) is 0.168. The van der Waals surface area contributed by atoms with Crippen molar-refractivity contribution < 1.29 is 0 Å². The molecule has 0 bridgehead atoms. The van der Waals surface area contributed by atoms with Crippen LogP contribution in [-0.4, -0.2) is 13.7 Å². The summed E-state index contributed by atoms with van der Waals surface area (Å²) in [5.41, 5.74) is 15.4. The van der Waals surface area contributed by atoms with Crippen LogP contribution in [0.3, 0.4) is 0 Å². The largest absolute Gasteiger partial charge is 0.309 e. The molecule has 0 saturated heterocycles. The molecule has 3 heteroatoms. The van der Waals surface area contributed by atoms with Crippen molar-refractivity contribution in [3.8, 4) is 39.3 Å². The third kappa shape index (κ3) is 4.66. The van der Waals surface area contributed by atoms with E-state index >= 15 is 0 Å². The van der Waals surface area contributed by atoms with Gasteiger partial charge in [0.25, 0.3) is 0 Å². The summed E-state index contributed by atoms with van der Waals surface area (Å²) in [4.78, 5) is 0. The van der Waals surface area contributed by atoms with Crippen LogP contribution >= 0.6 is 0 Å². The normalized spacial score (nSPS) is 11.9. The Morgan fingerprint density at radius 3 is 1.47 bits per heavy atom. The molecule has 3 heterocycles. The molecule has 0 atom stereocenters. The van der Waals surface area contributed by atoms with Crippen molar-refractivity contribution in [2.75, 3.05) is 0 Å². The second-order valence-corrected chi connectivity index (χ2v) is 14.9. The van der Waals surface area contributed by atoms with Crippen LogP contribution in [0, 0.1) is 0 Å². The standard InChI is InChI=1S/C54H35N3/c1-4-18-36(19-5-1)45-35-51-52(53-44-27-13-16-30-48(44)56(54(45)53)39-22-8-3-9-23-39)43-26-12-17-31-49(43)57(51)46-28-14-10-24-40(46)37-32-33-42-41-25-11-15-29-47(41)55(50(42)34-37)38-20-6-2-7-21-38/h1-35H. The van der Waals surface area contributed by atoms with Crippen LogP contribution < -0.4 is 0 Å². The minimum absolute atomic E-state index is 1.15. The molecule has 0 aliphatic heterocycles. The van der Waals surface area contributed by atoms with Crippen molar-refractivity contribution >= 4 is 65.4 Å². The summed E-state index contributed by atoms with van der Waals surface area (Å²) in [5, 5.41) is 7.52. The zero-order valence-corrected chi connectivity index (χ0v) is 31.0. The van der Waals surface area contributed by atoms with Crippen molar-refractivity contribution in [3.05, 3.63) is 212 Å². The van der Waals surface area contributed by atoms with E-state index in [1.54, 1.807) is 0 Å². The molecule has 3 aromatic heterocycles. The van der Waals surface area contributed by atoms with E-state index in [1.165, 1.54) is 87.7 Å². The Kier molecular flexibility index (Phi) is 6.93. The van der Waals surface area contributed by atoms with Crippen LogP contribution in [-0.2, 0) is 0 Å². The Hall–Kier alpha value is -7.62. The first-order valence-corrected chi connectivity index (χ1v) is 19.6. The molecule has 0 aliphatic rings. The molecule has 9 aromatic carbocycles. The molecule has 0 amide bonds. The van der Waals surface area contributed by atoms with Gasteiger partial charge in [0.15, 0.2) is 0 Å². The fourth-order valence-electron chi connectivity index (χ4n) is 9.46. The molecule has 0 fully saturated rings. The van der Waals surface area contributed by atoms with Gasteiger partial charge >= 0.3 is 0 Å². The van der Waals surface area contributed by atoms with Gasteiger partial charge in [-0.3, -0.25) is 0 Å². The highest BCUT2D eigenvalue weighted by molar-refractivity contribution is 6.31. The Balaban J connectivity index is 1.21. The summed E-state index contributed by atoms with van der Waals surface area (Å²) in [6, 6.07) is 77.4. The molecule has 0 N–H and O–H groups in total. The Labute approximate surface area is 329 Å². The number of para-hydroxylation sites is 6. The van der Waals surface area contributed by atoms with Crippen LogP contribution in [0.4, 0.5) is 0 Å². The van der Waals surface area contributed by atoms with E-state index in [2.05, 4.69) is 226 Å². The average Bonchev–Trinajstić information content (AvgIpc) is 3.92. The molecule has 57 heavy (non-hydrogen) atoms. The van der Waals surface area contributed by atoms with Gasteiger partial charge in [0.05, 0.1) is 38.8 Å². The van der Waals surface area contributed by atoms with Crippen molar-refractivity contribution in [3.63, 3.8) is 0 Å². The molecule has 3 nitrogen and oxygen atoms in total. The van der Waals surface area contributed by atoms with E-state index in [0.717, 1.165) is 17.1 Å². The number of aromatic nitrogens is 3. The van der Waals surface area contributed by atoms with E-state index in [-0.39, 0.29) is 0 Å². The zero-order chi connectivity index (χ0) is 37.5. The lowest BCUT2D eigenvalue weighted by Crippen LogP contribution is -1.99. The molecular formula is C54H35N3. The summed E-state index contributed by atoms with van der Waals surface area (Å²) in [5.74, 6) is 0. The molecule has 0 radical (unpaired) electrons. The maximum Gasteiger partial charge on any atom is 0.0627 e. The summed E-state index contributed by atoms with van der Waals surface area (Å²) in [6.45, 7) is 0. The van der Waals surface area contributed by atoms with E-state index in [4.69, 9.17) is 0 Å². The minimum atomic E-state index is 1.15. The highest BCUT2D eigenvalue weighted by Crippen LogP contribution is 2.47. The predicted molar refractivity (Wildman–Crippen MR) is 240 cm³/mol. The molecule has 12 rings (SSSR count). The molecule has 12 aromatic rings. The lowest BCUT2D eigenvalue weighted by molar-refractivity contribution is 1.17. The molecule has 0 aliphatic carbocycles. The van der Waals surface area contributed by atoms with Gasteiger partial charge in [0.1, 0.15) is 0 Å². The van der Waals surface area contributed by atoms with Gasteiger partial charge in [-0.05, 0) is 71.8 Å². The van der Waals surface area contributed by atoms with Crippen molar-refractivity contribution in [2.45, 2.75) is 0 Å². The summed E-state index contributed by atoms with van der Waals surface area (Å²) in [7, 11) is 0. The maximum atomic E-state index is 2.51. The third-order valence-electron chi connectivity index (χ3n) is 11.8.